The number of rotatable bonds is 2. The molecule has 1 aromatic carbocycles. The van der Waals surface area contributed by atoms with Crippen LogP contribution in [0.15, 0.2) is 46.9 Å². The van der Waals surface area contributed by atoms with Crippen molar-refractivity contribution >= 4 is 17.0 Å². The lowest BCUT2D eigenvalue weighted by molar-refractivity contribution is 0.319. The van der Waals surface area contributed by atoms with Crippen LogP contribution in [0.3, 0.4) is 0 Å². The van der Waals surface area contributed by atoms with Crippen molar-refractivity contribution in [3.05, 3.63) is 47.3 Å². The van der Waals surface area contributed by atoms with Gasteiger partial charge in [0.05, 0.1) is 5.71 Å². The maximum atomic E-state index is 8.63. The number of hydrogen-bond acceptors (Lipinski definition) is 3. The zero-order valence-corrected chi connectivity index (χ0v) is 9.16. The average molecular weight is 217 g/mol. The lowest BCUT2D eigenvalue weighted by Crippen LogP contribution is -1.93. The van der Waals surface area contributed by atoms with Gasteiger partial charge in [0.2, 0.25) is 0 Å². The van der Waals surface area contributed by atoms with Gasteiger partial charge in [0.15, 0.2) is 0 Å². The van der Waals surface area contributed by atoms with Gasteiger partial charge in [0.1, 0.15) is 0 Å². The van der Waals surface area contributed by atoms with Gasteiger partial charge in [-0.3, -0.25) is 0 Å². The predicted molar refractivity (Wildman–Crippen MR) is 63.8 cm³/mol. The molecule has 0 saturated heterocycles. The van der Waals surface area contributed by atoms with Gasteiger partial charge in [-0.1, -0.05) is 35.5 Å². The third kappa shape index (κ3) is 2.07. The molecule has 1 N–H and O–H groups in total. The Hall–Kier alpha value is -1.61. The first-order chi connectivity index (χ1) is 7.31. The first kappa shape index (κ1) is 9.93. The molecule has 0 spiro atoms. The van der Waals surface area contributed by atoms with Gasteiger partial charge in [-0.05, 0) is 29.5 Å². The van der Waals surface area contributed by atoms with Crippen LogP contribution in [0, 0.1) is 0 Å². The molecule has 1 aromatic heterocycles. The van der Waals surface area contributed by atoms with E-state index in [1.165, 1.54) is 10.4 Å². The van der Waals surface area contributed by atoms with Crippen molar-refractivity contribution in [1.82, 2.24) is 0 Å². The minimum atomic E-state index is 0.632. The van der Waals surface area contributed by atoms with Crippen LogP contribution in [-0.2, 0) is 0 Å². The van der Waals surface area contributed by atoms with Crippen molar-refractivity contribution in [1.29, 1.82) is 0 Å². The van der Waals surface area contributed by atoms with E-state index in [4.69, 9.17) is 5.21 Å². The Labute approximate surface area is 92.5 Å². The van der Waals surface area contributed by atoms with Crippen LogP contribution in [0.2, 0.25) is 0 Å². The van der Waals surface area contributed by atoms with E-state index in [-0.39, 0.29) is 0 Å². The summed E-state index contributed by atoms with van der Waals surface area (Å²) in [7, 11) is 0. The first-order valence-electron chi connectivity index (χ1n) is 4.64. The molecule has 0 aliphatic heterocycles. The van der Waals surface area contributed by atoms with Crippen molar-refractivity contribution in [2.45, 2.75) is 6.92 Å². The highest BCUT2D eigenvalue weighted by atomic mass is 32.1. The molecule has 2 nitrogen and oxygen atoms in total. The van der Waals surface area contributed by atoms with Gasteiger partial charge in [-0.15, -0.1) is 11.3 Å². The topological polar surface area (TPSA) is 32.6 Å². The van der Waals surface area contributed by atoms with Crippen molar-refractivity contribution in [2.75, 3.05) is 0 Å². The summed E-state index contributed by atoms with van der Waals surface area (Å²) in [5.41, 5.74) is 2.77. The summed E-state index contributed by atoms with van der Waals surface area (Å²) in [6.07, 6.45) is 0. The maximum absolute atomic E-state index is 8.63. The summed E-state index contributed by atoms with van der Waals surface area (Å²) < 4.78 is 0. The summed E-state index contributed by atoms with van der Waals surface area (Å²) in [4.78, 5) is 1.25. The molecule has 0 bridgehead atoms. The van der Waals surface area contributed by atoms with Crippen LogP contribution in [0.25, 0.3) is 10.4 Å². The van der Waals surface area contributed by atoms with Crippen LogP contribution in [0.4, 0.5) is 0 Å². The molecule has 2 rings (SSSR count). The third-order valence-corrected chi connectivity index (χ3v) is 3.18. The third-order valence-electron chi connectivity index (χ3n) is 2.26. The van der Waals surface area contributed by atoms with Crippen molar-refractivity contribution < 1.29 is 5.21 Å². The van der Waals surface area contributed by atoms with E-state index in [9.17, 15) is 0 Å². The number of benzene rings is 1. The zero-order valence-electron chi connectivity index (χ0n) is 8.34. The molecule has 0 atom stereocenters. The van der Waals surface area contributed by atoms with E-state index >= 15 is 0 Å². The molecular formula is C12H11NOS. The number of thiophene rings is 1. The van der Waals surface area contributed by atoms with Gasteiger partial charge in [0, 0.05) is 4.88 Å². The van der Waals surface area contributed by atoms with E-state index in [0.717, 1.165) is 5.56 Å². The van der Waals surface area contributed by atoms with E-state index in [2.05, 4.69) is 16.6 Å². The van der Waals surface area contributed by atoms with Crippen LogP contribution < -0.4 is 0 Å². The van der Waals surface area contributed by atoms with Crippen molar-refractivity contribution in [3.63, 3.8) is 0 Å². The molecule has 0 aliphatic rings. The van der Waals surface area contributed by atoms with Crippen molar-refractivity contribution in [2.24, 2.45) is 5.16 Å². The van der Waals surface area contributed by atoms with E-state index in [1.807, 2.05) is 30.3 Å². The highest BCUT2D eigenvalue weighted by Crippen LogP contribution is 2.24. The van der Waals surface area contributed by atoms with Crippen molar-refractivity contribution in [3.8, 4) is 10.4 Å². The van der Waals surface area contributed by atoms with Crippen LogP contribution in [-0.4, -0.2) is 10.9 Å². The Morgan fingerprint density at radius 2 is 1.93 bits per heavy atom. The Morgan fingerprint density at radius 3 is 2.47 bits per heavy atom. The van der Waals surface area contributed by atoms with Gasteiger partial charge in [-0.25, -0.2) is 0 Å². The Kier molecular flexibility index (Phi) is 2.83. The van der Waals surface area contributed by atoms with Gasteiger partial charge >= 0.3 is 0 Å². The molecule has 0 radical (unpaired) electrons. The average Bonchev–Trinajstić information content (AvgIpc) is 2.82. The fraction of sp³-hybridized carbons (Fsp3) is 0.0833. The number of nitrogens with zero attached hydrogens (tertiary/aromatic N) is 1. The fourth-order valence-electron chi connectivity index (χ4n) is 1.38. The zero-order chi connectivity index (χ0) is 10.7. The summed E-state index contributed by atoms with van der Waals surface area (Å²) in [6.45, 7) is 1.78. The lowest BCUT2D eigenvalue weighted by Gasteiger charge is -2.00. The second kappa shape index (κ2) is 4.28. The predicted octanol–water partition coefficient (Wildman–Crippen LogP) is 3.61. The molecule has 2 aromatic rings. The maximum Gasteiger partial charge on any atom is 0.0836 e. The Morgan fingerprint density at radius 1 is 1.20 bits per heavy atom. The fourth-order valence-corrected chi connectivity index (χ4v) is 2.11. The lowest BCUT2D eigenvalue weighted by atomic mass is 10.1. The second-order valence-corrected chi connectivity index (χ2v) is 4.19. The Bertz CT molecular complexity index is 457. The van der Waals surface area contributed by atoms with E-state index in [1.54, 1.807) is 18.3 Å². The van der Waals surface area contributed by atoms with Crippen LogP contribution in [0.5, 0.6) is 0 Å². The highest BCUT2D eigenvalue weighted by molar-refractivity contribution is 7.13. The van der Waals surface area contributed by atoms with E-state index in [0.29, 0.717) is 5.71 Å². The molecule has 76 valence electrons. The second-order valence-electron chi connectivity index (χ2n) is 3.24. The highest BCUT2D eigenvalue weighted by Gasteiger charge is 2.00. The number of hydrogen-bond donors (Lipinski definition) is 1. The first-order valence-corrected chi connectivity index (χ1v) is 5.52. The van der Waals surface area contributed by atoms with Crippen LogP contribution in [0.1, 0.15) is 12.5 Å². The molecule has 1 heterocycles. The monoisotopic (exact) mass is 217 g/mol. The largest absolute Gasteiger partial charge is 0.411 e. The summed E-state index contributed by atoms with van der Waals surface area (Å²) in [5.74, 6) is 0. The smallest absolute Gasteiger partial charge is 0.0836 e. The van der Waals surface area contributed by atoms with E-state index < -0.39 is 0 Å². The standard InChI is InChI=1S/C12H11NOS/c1-9(13-14)10-4-6-11(7-5-10)12-3-2-8-15-12/h2-8,14H,1H3. The molecular weight excluding hydrogens is 206 g/mol. The van der Waals surface area contributed by atoms with Gasteiger partial charge in [-0.2, -0.15) is 0 Å². The normalized spacial score (nSPS) is 11.7. The summed E-state index contributed by atoms with van der Waals surface area (Å²) in [5, 5.41) is 13.9. The quantitative estimate of drug-likeness (QED) is 0.465. The summed E-state index contributed by atoms with van der Waals surface area (Å²) >= 11 is 1.72. The molecule has 0 fully saturated rings. The Balaban J connectivity index is 2.33. The molecule has 0 amide bonds. The molecule has 0 aliphatic carbocycles. The molecule has 0 unspecified atom stereocenters. The van der Waals surface area contributed by atoms with Gasteiger partial charge in [0.25, 0.3) is 0 Å². The SMILES string of the molecule is CC(=NO)c1ccc(-c2cccs2)cc1. The van der Waals surface area contributed by atoms with Crippen LogP contribution >= 0.6 is 11.3 Å². The number of oxime groups is 1. The molecule has 3 heteroatoms. The minimum absolute atomic E-state index is 0.632. The summed E-state index contributed by atoms with van der Waals surface area (Å²) in [6, 6.07) is 12.1. The van der Waals surface area contributed by atoms with Gasteiger partial charge < -0.3 is 5.21 Å². The molecule has 15 heavy (non-hydrogen) atoms. The molecule has 0 saturated carbocycles. The minimum Gasteiger partial charge on any atom is -0.411 e.